The van der Waals surface area contributed by atoms with Gasteiger partial charge in [-0.05, 0) is 12.1 Å². The van der Waals surface area contributed by atoms with Gasteiger partial charge in [0, 0.05) is 0 Å². The number of fused-ring (bicyclic) bond motifs is 1. The Morgan fingerprint density at radius 2 is 1.61 bits per heavy atom. The van der Waals surface area contributed by atoms with Gasteiger partial charge in [0.25, 0.3) is 0 Å². The molecule has 0 spiro atoms. The fourth-order valence-corrected chi connectivity index (χ4v) is 3.22. The number of benzene rings is 2. The zero-order chi connectivity index (χ0) is 21.6. The van der Waals surface area contributed by atoms with E-state index in [2.05, 4.69) is 65.1 Å². The van der Waals surface area contributed by atoms with Crippen LogP contribution in [0.1, 0.15) is 27.7 Å². The van der Waals surface area contributed by atoms with Crippen molar-refractivity contribution >= 4 is 16.2 Å². The van der Waals surface area contributed by atoms with Gasteiger partial charge in [-0.3, -0.25) is 6.08 Å². The van der Waals surface area contributed by atoms with Crippen molar-refractivity contribution in [2.75, 3.05) is 0 Å². The van der Waals surface area contributed by atoms with E-state index in [-0.39, 0.29) is 36.1 Å². The van der Waals surface area contributed by atoms with Crippen molar-refractivity contribution in [3.8, 4) is 11.1 Å². The summed E-state index contributed by atoms with van der Waals surface area (Å²) in [5, 5.41) is 2.37. The van der Waals surface area contributed by atoms with E-state index in [9.17, 15) is 4.39 Å². The third kappa shape index (κ3) is 8.89. The van der Waals surface area contributed by atoms with Crippen LogP contribution in [0.3, 0.4) is 0 Å². The van der Waals surface area contributed by atoms with Crippen molar-refractivity contribution in [3.05, 3.63) is 89.3 Å². The number of allylic oxidation sites excluding steroid dienone is 4. The summed E-state index contributed by atoms with van der Waals surface area (Å²) in [7, 11) is 0. The minimum Gasteiger partial charge on any atom is -1.00 e. The molecule has 1 aliphatic rings. The van der Waals surface area contributed by atoms with Crippen molar-refractivity contribution in [1.29, 1.82) is 0 Å². The van der Waals surface area contributed by atoms with Gasteiger partial charge in [0.05, 0.1) is 0 Å². The average molecular weight is 551 g/mol. The molecule has 0 heterocycles. The maximum Gasteiger partial charge on any atom is 0.122 e. The van der Waals surface area contributed by atoms with Crippen LogP contribution in [0.2, 0.25) is 13.1 Å². The predicted octanol–water partition coefficient (Wildman–Crippen LogP) is 1.88. The summed E-state index contributed by atoms with van der Waals surface area (Å²) in [5.41, 5.74) is 6.48. The largest absolute Gasteiger partial charge is 1.00 e. The summed E-state index contributed by atoms with van der Waals surface area (Å²) < 4.78 is 13.2. The molecule has 0 N–H and O–H groups in total. The SMILES string of the molecule is CC1=[C-]C(C)C(C)=C1C.C[Si](C)=[Zr+2].Fc1cccc(-c2c[cH-]c3ccccc23)c1.[Cl-].[Cl-]. The van der Waals surface area contributed by atoms with E-state index in [1.165, 1.54) is 33.6 Å². The van der Waals surface area contributed by atoms with Gasteiger partial charge in [0.15, 0.2) is 0 Å². The Kier molecular flexibility index (Phi) is 13.9. The first kappa shape index (κ1) is 30.1. The summed E-state index contributed by atoms with van der Waals surface area (Å²) in [4.78, 5) is 0. The zero-order valence-electron chi connectivity index (χ0n) is 19.0. The molecule has 0 saturated heterocycles. The molecular weight excluding hydrogens is 522 g/mol. The minimum atomic E-state index is -0.192. The van der Waals surface area contributed by atoms with Crippen LogP contribution in [0.25, 0.3) is 21.9 Å². The van der Waals surface area contributed by atoms with E-state index in [1.54, 1.807) is 35.5 Å². The van der Waals surface area contributed by atoms with Crippen molar-refractivity contribution in [3.63, 3.8) is 0 Å². The Morgan fingerprint density at radius 1 is 1.00 bits per heavy atom. The standard InChI is InChI=1S/C15H10F.C9H13.C2H6Si.2ClH.Zr/c16-13-6-3-5-12(10-13)15-9-8-11-4-1-2-7-14(11)15;1-6-5-7(2)9(4)8(6)3;1-3-2;;;/h1-10H;6H,1-4H3;1-2H3;2*1H;/q2*-1;;;;+2/p-2. The Morgan fingerprint density at radius 3 is 2.10 bits per heavy atom. The molecule has 0 aliphatic heterocycles. The van der Waals surface area contributed by atoms with Gasteiger partial charge in [-0.2, -0.15) is 11.1 Å². The normalized spacial score (nSPS) is 14.4. The van der Waals surface area contributed by atoms with Crippen LogP contribution in [-0.2, 0) is 23.3 Å². The third-order valence-electron chi connectivity index (χ3n) is 5.05. The van der Waals surface area contributed by atoms with E-state index >= 15 is 0 Å². The Hall–Kier alpha value is -0.860. The molecule has 0 bridgehead atoms. The molecule has 0 amide bonds. The fourth-order valence-electron chi connectivity index (χ4n) is 3.22. The van der Waals surface area contributed by atoms with Crippen LogP contribution in [-0.4, -0.2) is 5.43 Å². The second-order valence-corrected chi connectivity index (χ2v) is 17.0. The molecule has 1 atom stereocenters. The monoisotopic (exact) mass is 548 g/mol. The Bertz CT molecular complexity index is 1060. The van der Waals surface area contributed by atoms with Gasteiger partial charge in [0.2, 0.25) is 0 Å². The minimum absolute atomic E-state index is 0. The molecule has 0 fully saturated rings. The predicted molar refractivity (Wildman–Crippen MR) is 122 cm³/mol. The maximum atomic E-state index is 13.2. The molecule has 31 heavy (non-hydrogen) atoms. The van der Waals surface area contributed by atoms with Crippen LogP contribution >= 0.6 is 0 Å². The Labute approximate surface area is 214 Å². The van der Waals surface area contributed by atoms with Gasteiger partial charge >= 0.3 is 41.9 Å². The van der Waals surface area contributed by atoms with Gasteiger partial charge in [0.1, 0.15) is 5.82 Å². The molecule has 0 radical (unpaired) electrons. The van der Waals surface area contributed by atoms with E-state index in [1.807, 2.05) is 24.3 Å². The maximum absolute atomic E-state index is 13.2. The molecule has 1 aliphatic carbocycles. The molecule has 0 aromatic heterocycles. The summed E-state index contributed by atoms with van der Waals surface area (Å²) >= 11 is 1.74. The van der Waals surface area contributed by atoms with Gasteiger partial charge in [-0.25, -0.2) is 9.96 Å². The first-order chi connectivity index (χ1) is 13.7. The van der Waals surface area contributed by atoms with Crippen LogP contribution < -0.4 is 24.8 Å². The van der Waals surface area contributed by atoms with Crippen LogP contribution in [0.4, 0.5) is 4.39 Å². The van der Waals surface area contributed by atoms with E-state index < -0.39 is 0 Å². The molecule has 0 nitrogen and oxygen atoms in total. The molecular formula is C26H29Cl2FSiZr-2. The summed E-state index contributed by atoms with van der Waals surface area (Å²) in [6, 6.07) is 19.0. The summed E-state index contributed by atoms with van der Waals surface area (Å²) in [5.74, 6) is 0.368. The van der Waals surface area contributed by atoms with E-state index in [0.717, 1.165) is 11.1 Å². The first-order valence-corrected chi connectivity index (χ1v) is 16.1. The topological polar surface area (TPSA) is 0 Å². The van der Waals surface area contributed by atoms with Gasteiger partial charge < -0.3 is 24.8 Å². The molecule has 164 valence electrons. The summed E-state index contributed by atoms with van der Waals surface area (Å²) in [6.45, 7) is 13.3. The molecule has 3 aromatic rings. The fraction of sp³-hybridized carbons (Fsp3) is 0.269. The number of hydrogen-bond donors (Lipinski definition) is 0. The van der Waals surface area contributed by atoms with Gasteiger partial charge in [-0.1, -0.05) is 50.5 Å². The second kappa shape index (κ2) is 14.3. The number of rotatable bonds is 1. The smallest absolute Gasteiger partial charge is 0.122 e. The van der Waals surface area contributed by atoms with Crippen molar-refractivity contribution < 1.29 is 52.5 Å². The summed E-state index contributed by atoms with van der Waals surface area (Å²) in [6.07, 6.45) is 3.36. The van der Waals surface area contributed by atoms with Crippen molar-refractivity contribution in [2.24, 2.45) is 5.92 Å². The van der Waals surface area contributed by atoms with Crippen LogP contribution in [0.5, 0.6) is 0 Å². The molecule has 5 heteroatoms. The molecule has 0 saturated carbocycles. The number of halogens is 3. The molecule has 3 aromatic carbocycles. The Balaban J connectivity index is 0.000000516. The van der Waals surface area contributed by atoms with Gasteiger partial charge in [-0.15, -0.1) is 53.6 Å². The second-order valence-electron chi connectivity index (χ2n) is 7.64. The van der Waals surface area contributed by atoms with E-state index in [4.69, 9.17) is 0 Å². The molecule has 1 unspecified atom stereocenters. The first-order valence-electron chi connectivity index (χ1n) is 9.90. The van der Waals surface area contributed by atoms with Crippen LogP contribution in [0.15, 0.2) is 77.4 Å². The third-order valence-corrected chi connectivity index (χ3v) is 5.05. The van der Waals surface area contributed by atoms with Crippen molar-refractivity contribution in [1.82, 2.24) is 0 Å². The van der Waals surface area contributed by atoms with Crippen molar-refractivity contribution in [2.45, 2.75) is 40.8 Å². The molecule has 4 rings (SSSR count). The number of hydrogen-bond acceptors (Lipinski definition) is 0. The zero-order valence-corrected chi connectivity index (χ0v) is 24.0. The van der Waals surface area contributed by atoms with E-state index in [0.29, 0.717) is 5.92 Å². The van der Waals surface area contributed by atoms with Crippen LogP contribution in [0, 0.1) is 17.8 Å². The average Bonchev–Trinajstić information content (AvgIpc) is 3.19. The quantitative estimate of drug-likeness (QED) is 0.321.